The number of fused-ring (bicyclic) bond motifs is 1. The van der Waals surface area contributed by atoms with E-state index in [0.29, 0.717) is 15.6 Å². The second kappa shape index (κ2) is 9.78. The topological polar surface area (TPSA) is 55.7 Å². The van der Waals surface area contributed by atoms with E-state index in [1.807, 2.05) is 30.3 Å². The molecular formula is C34H28Cl2N4. The highest BCUT2D eigenvalue weighted by Crippen LogP contribution is 2.72. The number of hydrogen-bond donors (Lipinski definition) is 1. The zero-order valence-corrected chi connectivity index (χ0v) is 23.5. The first-order valence-corrected chi connectivity index (χ1v) is 14.5. The van der Waals surface area contributed by atoms with Gasteiger partial charge in [0.15, 0.2) is 0 Å². The van der Waals surface area contributed by atoms with Crippen LogP contribution in [0.1, 0.15) is 41.8 Å². The lowest BCUT2D eigenvalue weighted by atomic mass is 9.79. The molecule has 1 aliphatic heterocycles. The Morgan fingerprint density at radius 2 is 1.60 bits per heavy atom. The van der Waals surface area contributed by atoms with Crippen molar-refractivity contribution >= 4 is 34.2 Å². The monoisotopic (exact) mass is 562 g/mol. The number of piperidine rings is 1. The molecule has 1 unspecified atom stereocenters. The predicted octanol–water partition coefficient (Wildman–Crippen LogP) is 8.38. The van der Waals surface area contributed by atoms with Crippen LogP contribution in [0.25, 0.3) is 22.2 Å². The van der Waals surface area contributed by atoms with Crippen molar-refractivity contribution in [2.24, 2.45) is 5.41 Å². The molecule has 0 amide bonds. The van der Waals surface area contributed by atoms with E-state index in [4.69, 9.17) is 28.2 Å². The van der Waals surface area contributed by atoms with Crippen LogP contribution in [0.5, 0.6) is 0 Å². The highest BCUT2D eigenvalue weighted by Gasteiger charge is 2.70. The summed E-state index contributed by atoms with van der Waals surface area (Å²) in [7, 11) is 0. The number of H-pyrrole nitrogens is 1. The van der Waals surface area contributed by atoms with Crippen molar-refractivity contribution in [3.8, 4) is 17.2 Å². The Balaban J connectivity index is 1.24. The lowest BCUT2D eigenvalue weighted by Gasteiger charge is -2.35. The van der Waals surface area contributed by atoms with Gasteiger partial charge in [-0.25, -0.2) is 4.98 Å². The van der Waals surface area contributed by atoms with E-state index in [1.165, 1.54) is 11.1 Å². The Hall–Kier alpha value is -3.62. The van der Waals surface area contributed by atoms with E-state index < -0.39 is 0 Å². The smallest absolute Gasteiger partial charge is 0.118 e. The standard InChI is InChI=1S/C34H28Cl2N4/c35-28-18-30-31(19-29(28)36)39-32(38-30)34(27-11-9-25(10-12-27)26-8-4-7-24(17-26)20-37)22-33(34)13-15-40(16-14-33)21-23-5-2-1-3-6-23/h1-12,17-19H,13-16,21-22H2,(H,38,39). The third-order valence-corrected chi connectivity index (χ3v) is 9.80. The fourth-order valence-corrected chi connectivity index (χ4v) is 7.17. The van der Waals surface area contributed by atoms with Gasteiger partial charge in [0.1, 0.15) is 5.82 Å². The fourth-order valence-electron chi connectivity index (χ4n) is 6.85. The number of nitrogens with one attached hydrogen (secondary N) is 1. The quantitative estimate of drug-likeness (QED) is 0.234. The number of aromatic nitrogens is 2. The Morgan fingerprint density at radius 1 is 0.850 bits per heavy atom. The van der Waals surface area contributed by atoms with Crippen LogP contribution in [0.4, 0.5) is 0 Å². The minimum Gasteiger partial charge on any atom is -0.341 e. The molecule has 4 nitrogen and oxygen atoms in total. The maximum Gasteiger partial charge on any atom is 0.118 e. The average Bonchev–Trinajstić information content (AvgIpc) is 3.46. The van der Waals surface area contributed by atoms with Crippen molar-refractivity contribution in [1.29, 1.82) is 5.26 Å². The molecule has 7 rings (SSSR count). The molecule has 2 heterocycles. The molecule has 2 fully saturated rings. The van der Waals surface area contributed by atoms with Crippen molar-refractivity contribution in [2.75, 3.05) is 13.1 Å². The number of aromatic amines is 1. The molecule has 1 saturated heterocycles. The van der Waals surface area contributed by atoms with E-state index in [9.17, 15) is 5.26 Å². The van der Waals surface area contributed by atoms with Crippen molar-refractivity contribution in [3.05, 3.63) is 124 Å². The summed E-state index contributed by atoms with van der Waals surface area (Å²) in [5.74, 6) is 0.997. The summed E-state index contributed by atoms with van der Waals surface area (Å²) in [5, 5.41) is 10.4. The zero-order chi connectivity index (χ0) is 27.3. The van der Waals surface area contributed by atoms with Crippen LogP contribution in [0.15, 0.2) is 91.0 Å². The van der Waals surface area contributed by atoms with Gasteiger partial charge >= 0.3 is 0 Å². The van der Waals surface area contributed by atoms with Gasteiger partial charge < -0.3 is 4.98 Å². The normalized spacial score (nSPS) is 20.0. The minimum atomic E-state index is -0.198. The van der Waals surface area contributed by atoms with Crippen LogP contribution >= 0.6 is 23.2 Å². The van der Waals surface area contributed by atoms with E-state index >= 15 is 0 Å². The molecule has 2 aliphatic rings. The minimum absolute atomic E-state index is 0.143. The first kappa shape index (κ1) is 25.4. The van der Waals surface area contributed by atoms with Gasteiger partial charge in [-0.05, 0) is 84.3 Å². The summed E-state index contributed by atoms with van der Waals surface area (Å²) >= 11 is 12.7. The fraction of sp³-hybridized carbons (Fsp3) is 0.235. The SMILES string of the molecule is N#Cc1cccc(-c2ccc(C3(c4nc5cc(Cl)c(Cl)cc5[nH]4)CC34CCN(Cc3ccccc3)CC4)cc2)c1. The summed E-state index contributed by atoms with van der Waals surface area (Å²) in [4.78, 5) is 11.3. The molecule has 0 bridgehead atoms. The van der Waals surface area contributed by atoms with Crippen LogP contribution in [0, 0.1) is 16.7 Å². The first-order valence-electron chi connectivity index (χ1n) is 13.7. The Morgan fingerprint density at radius 3 is 2.35 bits per heavy atom. The van der Waals surface area contributed by atoms with E-state index in [1.54, 1.807) is 0 Å². The summed E-state index contributed by atoms with van der Waals surface area (Å²) in [6.07, 6.45) is 3.29. The molecule has 1 aliphatic carbocycles. The second-order valence-corrected chi connectivity index (χ2v) is 12.1. The summed E-state index contributed by atoms with van der Waals surface area (Å²) < 4.78 is 0. The number of rotatable bonds is 5. The summed E-state index contributed by atoms with van der Waals surface area (Å²) in [6, 6.07) is 33.4. The molecule has 6 heteroatoms. The molecule has 1 aromatic heterocycles. The van der Waals surface area contributed by atoms with Crippen molar-refractivity contribution in [3.63, 3.8) is 0 Å². The molecule has 5 aromatic rings. The van der Waals surface area contributed by atoms with Crippen LogP contribution in [0.3, 0.4) is 0 Å². The summed E-state index contributed by atoms with van der Waals surface area (Å²) in [6.45, 7) is 3.11. The van der Waals surface area contributed by atoms with Gasteiger partial charge in [-0.3, -0.25) is 4.90 Å². The van der Waals surface area contributed by atoms with Gasteiger partial charge in [0, 0.05) is 6.54 Å². The van der Waals surface area contributed by atoms with Gasteiger partial charge in [-0.1, -0.05) is 89.9 Å². The van der Waals surface area contributed by atoms with Crippen LogP contribution in [-0.2, 0) is 12.0 Å². The van der Waals surface area contributed by atoms with E-state index in [2.05, 4.69) is 76.6 Å². The maximum absolute atomic E-state index is 9.35. The Kier molecular flexibility index (Phi) is 6.20. The maximum atomic E-state index is 9.35. The van der Waals surface area contributed by atoms with Gasteiger partial charge in [-0.15, -0.1) is 0 Å². The molecule has 1 atom stereocenters. The molecule has 4 aromatic carbocycles. The van der Waals surface area contributed by atoms with Crippen molar-refractivity contribution in [1.82, 2.24) is 14.9 Å². The first-order chi connectivity index (χ1) is 19.5. The van der Waals surface area contributed by atoms with Crippen molar-refractivity contribution < 1.29 is 0 Å². The number of likely N-dealkylation sites (tertiary alicyclic amines) is 1. The third kappa shape index (κ3) is 4.21. The lowest BCUT2D eigenvalue weighted by molar-refractivity contribution is 0.154. The van der Waals surface area contributed by atoms with Crippen LogP contribution in [-0.4, -0.2) is 28.0 Å². The molecule has 1 spiro atoms. The molecular weight excluding hydrogens is 535 g/mol. The molecule has 1 saturated carbocycles. The second-order valence-electron chi connectivity index (χ2n) is 11.3. The van der Waals surface area contributed by atoms with E-state index in [-0.39, 0.29) is 10.8 Å². The average molecular weight is 564 g/mol. The molecule has 40 heavy (non-hydrogen) atoms. The molecule has 198 valence electrons. The largest absolute Gasteiger partial charge is 0.341 e. The van der Waals surface area contributed by atoms with Gasteiger partial charge in [0.05, 0.1) is 38.1 Å². The lowest BCUT2D eigenvalue weighted by Crippen LogP contribution is -2.37. The number of nitriles is 1. The number of nitrogens with zero attached hydrogens (tertiary/aromatic N) is 3. The van der Waals surface area contributed by atoms with Crippen molar-refractivity contribution in [2.45, 2.75) is 31.2 Å². The molecule has 0 radical (unpaired) electrons. The number of halogens is 2. The van der Waals surface area contributed by atoms with Gasteiger partial charge in [0.25, 0.3) is 0 Å². The highest BCUT2D eigenvalue weighted by atomic mass is 35.5. The van der Waals surface area contributed by atoms with Crippen LogP contribution in [0.2, 0.25) is 10.0 Å². The Labute approximate surface area is 244 Å². The van der Waals surface area contributed by atoms with Crippen LogP contribution < -0.4 is 0 Å². The summed E-state index contributed by atoms with van der Waals surface area (Å²) in [5.41, 5.74) is 7.17. The Bertz CT molecular complexity index is 1710. The number of hydrogen-bond acceptors (Lipinski definition) is 3. The van der Waals surface area contributed by atoms with E-state index in [0.717, 1.165) is 66.9 Å². The predicted molar refractivity (Wildman–Crippen MR) is 161 cm³/mol. The molecule has 1 N–H and O–H groups in total. The van der Waals surface area contributed by atoms with Gasteiger partial charge in [-0.2, -0.15) is 5.26 Å². The highest BCUT2D eigenvalue weighted by molar-refractivity contribution is 6.42. The van der Waals surface area contributed by atoms with Gasteiger partial charge in [0.2, 0.25) is 0 Å². The number of benzene rings is 4. The number of imidazole rings is 1. The zero-order valence-electron chi connectivity index (χ0n) is 22.0. The third-order valence-electron chi connectivity index (χ3n) is 9.08.